The van der Waals surface area contributed by atoms with Crippen LogP contribution in [-0.2, 0) is 6.42 Å². The van der Waals surface area contributed by atoms with Crippen LogP contribution in [0.4, 0.5) is 5.82 Å². The van der Waals surface area contributed by atoms with Crippen molar-refractivity contribution in [1.29, 1.82) is 0 Å². The van der Waals surface area contributed by atoms with E-state index in [1.54, 1.807) is 6.33 Å². The molecular weight excluding hydrogens is 212 g/mol. The minimum atomic E-state index is 0.694. The molecule has 0 radical (unpaired) electrons. The molecule has 2 N–H and O–H groups in total. The maximum atomic E-state index is 4.25. The van der Waals surface area contributed by atoms with Crippen LogP contribution < -0.4 is 10.6 Å². The summed E-state index contributed by atoms with van der Waals surface area (Å²) in [6.45, 7) is 4.33. The lowest BCUT2D eigenvalue weighted by atomic mass is 10.1. The molecule has 1 aliphatic heterocycles. The van der Waals surface area contributed by atoms with Gasteiger partial charge in [0.05, 0.1) is 0 Å². The second-order valence-electron chi connectivity index (χ2n) is 4.65. The van der Waals surface area contributed by atoms with E-state index in [0.29, 0.717) is 6.04 Å². The molecular formula is C13H22N4. The first-order chi connectivity index (χ1) is 8.38. The van der Waals surface area contributed by atoms with Crippen molar-refractivity contribution in [2.75, 3.05) is 18.4 Å². The van der Waals surface area contributed by atoms with Crippen LogP contribution in [0.1, 0.15) is 38.3 Å². The third-order valence-electron chi connectivity index (χ3n) is 3.19. The van der Waals surface area contributed by atoms with Gasteiger partial charge in [0.25, 0.3) is 0 Å². The molecule has 94 valence electrons. The zero-order valence-corrected chi connectivity index (χ0v) is 10.6. The molecule has 0 saturated carbocycles. The molecule has 0 aliphatic carbocycles. The van der Waals surface area contributed by atoms with Crippen molar-refractivity contribution < 1.29 is 0 Å². The highest BCUT2D eigenvalue weighted by Gasteiger charge is 2.12. The van der Waals surface area contributed by atoms with E-state index < -0.39 is 0 Å². The lowest BCUT2D eigenvalue weighted by molar-refractivity contribution is 0.574. The number of aromatic nitrogens is 2. The van der Waals surface area contributed by atoms with Gasteiger partial charge in [-0.15, -0.1) is 0 Å². The van der Waals surface area contributed by atoms with Gasteiger partial charge in [0, 0.05) is 24.3 Å². The molecule has 1 unspecified atom stereocenters. The Labute approximate surface area is 103 Å². The summed E-state index contributed by atoms with van der Waals surface area (Å²) >= 11 is 0. The molecule has 0 bridgehead atoms. The zero-order valence-electron chi connectivity index (χ0n) is 10.6. The Hall–Kier alpha value is -1.16. The van der Waals surface area contributed by atoms with Crippen LogP contribution in [0.25, 0.3) is 0 Å². The fourth-order valence-electron chi connectivity index (χ4n) is 2.26. The Balaban J connectivity index is 1.75. The first-order valence-electron chi connectivity index (χ1n) is 6.66. The molecule has 1 fully saturated rings. The van der Waals surface area contributed by atoms with Gasteiger partial charge in [-0.3, -0.25) is 0 Å². The molecule has 0 amide bonds. The molecule has 2 heterocycles. The van der Waals surface area contributed by atoms with Crippen LogP contribution in [0.5, 0.6) is 0 Å². The van der Waals surface area contributed by atoms with Gasteiger partial charge in [-0.25, -0.2) is 9.97 Å². The van der Waals surface area contributed by atoms with Crippen LogP contribution in [0, 0.1) is 0 Å². The topological polar surface area (TPSA) is 49.8 Å². The average molecular weight is 234 g/mol. The number of aryl methyl sites for hydroxylation is 1. The third-order valence-corrected chi connectivity index (χ3v) is 3.19. The van der Waals surface area contributed by atoms with Gasteiger partial charge >= 0.3 is 0 Å². The Morgan fingerprint density at radius 3 is 3.18 bits per heavy atom. The Kier molecular flexibility index (Phi) is 4.74. The molecule has 2 rings (SSSR count). The Bertz CT molecular complexity index is 334. The molecule has 4 nitrogen and oxygen atoms in total. The predicted octanol–water partition coefficient (Wildman–Crippen LogP) is 1.98. The van der Waals surface area contributed by atoms with Crippen LogP contribution in [-0.4, -0.2) is 29.1 Å². The summed E-state index contributed by atoms with van der Waals surface area (Å²) < 4.78 is 0. The van der Waals surface area contributed by atoms with Crippen molar-refractivity contribution in [3.8, 4) is 0 Å². The number of nitrogens with one attached hydrogen (secondary N) is 2. The average Bonchev–Trinajstić information content (AvgIpc) is 2.83. The van der Waals surface area contributed by atoms with Gasteiger partial charge in [0.15, 0.2) is 0 Å². The summed E-state index contributed by atoms with van der Waals surface area (Å²) in [5.74, 6) is 0.960. The van der Waals surface area contributed by atoms with E-state index in [9.17, 15) is 0 Å². The molecule has 1 aliphatic rings. The van der Waals surface area contributed by atoms with Crippen molar-refractivity contribution in [1.82, 2.24) is 15.3 Å². The molecule has 1 aromatic rings. The second kappa shape index (κ2) is 6.55. The Morgan fingerprint density at radius 1 is 1.47 bits per heavy atom. The highest BCUT2D eigenvalue weighted by atomic mass is 15.0. The molecule has 1 aromatic heterocycles. The van der Waals surface area contributed by atoms with Gasteiger partial charge in [-0.2, -0.15) is 0 Å². The molecule has 0 spiro atoms. The highest BCUT2D eigenvalue weighted by molar-refractivity contribution is 5.34. The summed E-state index contributed by atoms with van der Waals surface area (Å²) in [5, 5.41) is 6.88. The molecule has 1 saturated heterocycles. The maximum absolute atomic E-state index is 4.25. The maximum Gasteiger partial charge on any atom is 0.129 e. The summed E-state index contributed by atoms with van der Waals surface area (Å²) in [6.07, 6.45) is 7.61. The van der Waals surface area contributed by atoms with E-state index in [-0.39, 0.29) is 0 Å². The largest absolute Gasteiger partial charge is 0.370 e. The lowest BCUT2D eigenvalue weighted by Crippen LogP contribution is -2.24. The van der Waals surface area contributed by atoms with E-state index in [2.05, 4.69) is 33.6 Å². The van der Waals surface area contributed by atoms with Crippen LogP contribution in [0.15, 0.2) is 12.4 Å². The number of hydrogen-bond donors (Lipinski definition) is 2. The van der Waals surface area contributed by atoms with E-state index >= 15 is 0 Å². The van der Waals surface area contributed by atoms with Crippen LogP contribution in [0.3, 0.4) is 0 Å². The first kappa shape index (κ1) is 12.3. The van der Waals surface area contributed by atoms with E-state index in [0.717, 1.165) is 30.9 Å². The Morgan fingerprint density at radius 2 is 2.41 bits per heavy atom. The van der Waals surface area contributed by atoms with E-state index in [4.69, 9.17) is 0 Å². The van der Waals surface area contributed by atoms with Gasteiger partial charge in [0.2, 0.25) is 0 Å². The van der Waals surface area contributed by atoms with Crippen LogP contribution in [0.2, 0.25) is 0 Å². The number of anilines is 1. The monoisotopic (exact) mass is 234 g/mol. The normalized spacial score (nSPS) is 19.5. The fourth-order valence-corrected chi connectivity index (χ4v) is 2.26. The quantitative estimate of drug-likeness (QED) is 0.790. The predicted molar refractivity (Wildman–Crippen MR) is 70.2 cm³/mol. The van der Waals surface area contributed by atoms with E-state index in [1.165, 1.54) is 25.8 Å². The standard InChI is InChI=1S/C13H22N4/c1-2-4-12-9-13(17-10-16-12)15-8-6-11-5-3-7-14-11/h9-11,14H,2-8H2,1H3,(H,15,16,17). The molecule has 0 aromatic carbocycles. The summed E-state index contributed by atoms with van der Waals surface area (Å²) in [7, 11) is 0. The second-order valence-corrected chi connectivity index (χ2v) is 4.65. The van der Waals surface area contributed by atoms with Gasteiger partial charge in [-0.05, 0) is 32.2 Å². The number of rotatable bonds is 6. The summed E-state index contributed by atoms with van der Waals surface area (Å²) in [4.78, 5) is 8.49. The van der Waals surface area contributed by atoms with Crippen molar-refractivity contribution in [3.05, 3.63) is 18.1 Å². The van der Waals surface area contributed by atoms with Crippen molar-refractivity contribution in [2.24, 2.45) is 0 Å². The van der Waals surface area contributed by atoms with E-state index in [1.807, 2.05) is 0 Å². The molecule has 4 heteroatoms. The van der Waals surface area contributed by atoms with Crippen molar-refractivity contribution >= 4 is 5.82 Å². The smallest absolute Gasteiger partial charge is 0.129 e. The number of nitrogens with zero attached hydrogens (tertiary/aromatic N) is 2. The van der Waals surface area contributed by atoms with Crippen molar-refractivity contribution in [3.63, 3.8) is 0 Å². The first-order valence-corrected chi connectivity index (χ1v) is 6.66. The molecule has 1 atom stereocenters. The zero-order chi connectivity index (χ0) is 11.9. The lowest BCUT2D eigenvalue weighted by Gasteiger charge is -2.11. The third kappa shape index (κ3) is 3.97. The van der Waals surface area contributed by atoms with Gasteiger partial charge in [-0.1, -0.05) is 13.3 Å². The SMILES string of the molecule is CCCc1cc(NCCC2CCCN2)ncn1. The summed E-state index contributed by atoms with van der Waals surface area (Å²) in [6, 6.07) is 2.76. The van der Waals surface area contributed by atoms with Gasteiger partial charge < -0.3 is 10.6 Å². The minimum absolute atomic E-state index is 0.694. The fraction of sp³-hybridized carbons (Fsp3) is 0.692. The van der Waals surface area contributed by atoms with Crippen molar-refractivity contribution in [2.45, 2.75) is 45.1 Å². The van der Waals surface area contributed by atoms with Crippen LogP contribution >= 0.6 is 0 Å². The molecule has 17 heavy (non-hydrogen) atoms. The van der Waals surface area contributed by atoms with Gasteiger partial charge in [0.1, 0.15) is 12.1 Å². The summed E-state index contributed by atoms with van der Waals surface area (Å²) in [5.41, 5.74) is 1.13. The minimum Gasteiger partial charge on any atom is -0.370 e. The highest BCUT2D eigenvalue weighted by Crippen LogP contribution is 2.10. The number of hydrogen-bond acceptors (Lipinski definition) is 4.